The van der Waals surface area contributed by atoms with Crippen molar-refractivity contribution in [2.75, 3.05) is 5.75 Å². The molecule has 0 bridgehead atoms. The van der Waals surface area contributed by atoms with Gasteiger partial charge >= 0.3 is 0 Å². The maximum atomic E-state index is 13.4. The minimum Gasteiger partial charge on any atom is -0.351 e. The number of hydrogen-bond acceptors (Lipinski definition) is 2. The summed E-state index contributed by atoms with van der Waals surface area (Å²) >= 11 is 1.50. The van der Waals surface area contributed by atoms with Crippen LogP contribution in [0, 0.1) is 19.7 Å². The Labute approximate surface area is 128 Å². The van der Waals surface area contributed by atoms with Crippen molar-refractivity contribution in [1.29, 1.82) is 0 Å². The zero-order valence-corrected chi connectivity index (χ0v) is 13.0. The highest BCUT2D eigenvalue weighted by atomic mass is 32.2. The minimum atomic E-state index is -0.240. The second-order valence-electron chi connectivity index (χ2n) is 4.97. The van der Waals surface area contributed by atoms with E-state index < -0.39 is 0 Å². The number of amides is 1. The number of aryl methyl sites for hydroxylation is 2. The lowest BCUT2D eigenvalue weighted by atomic mass is 10.1. The van der Waals surface area contributed by atoms with Crippen molar-refractivity contribution in [2.24, 2.45) is 0 Å². The molecule has 0 heterocycles. The highest BCUT2D eigenvalue weighted by molar-refractivity contribution is 8.00. The van der Waals surface area contributed by atoms with Gasteiger partial charge in [0.25, 0.3) is 0 Å². The van der Waals surface area contributed by atoms with Crippen molar-refractivity contribution in [3.05, 3.63) is 65.0 Å². The Morgan fingerprint density at radius 3 is 2.71 bits per heavy atom. The minimum absolute atomic E-state index is 0.0533. The first-order chi connectivity index (χ1) is 10.0. The molecule has 0 aliphatic rings. The molecule has 0 atom stereocenters. The van der Waals surface area contributed by atoms with Crippen LogP contribution in [0.4, 0.5) is 4.39 Å². The van der Waals surface area contributed by atoms with E-state index in [2.05, 4.69) is 5.32 Å². The predicted octanol–water partition coefficient (Wildman–Crippen LogP) is 3.85. The van der Waals surface area contributed by atoms with Crippen molar-refractivity contribution in [1.82, 2.24) is 5.32 Å². The van der Waals surface area contributed by atoms with Gasteiger partial charge in [-0.2, -0.15) is 0 Å². The molecule has 0 aliphatic carbocycles. The van der Waals surface area contributed by atoms with Crippen LogP contribution in [0.25, 0.3) is 0 Å². The van der Waals surface area contributed by atoms with Crippen LogP contribution in [0.5, 0.6) is 0 Å². The third kappa shape index (κ3) is 4.90. The molecule has 1 amide bonds. The van der Waals surface area contributed by atoms with Crippen molar-refractivity contribution < 1.29 is 9.18 Å². The van der Waals surface area contributed by atoms with Crippen LogP contribution in [0.1, 0.15) is 16.7 Å². The van der Waals surface area contributed by atoms with Crippen molar-refractivity contribution >= 4 is 17.7 Å². The fraction of sp³-hybridized carbons (Fsp3) is 0.235. The van der Waals surface area contributed by atoms with Crippen LogP contribution < -0.4 is 5.32 Å². The second kappa shape index (κ2) is 7.27. The van der Waals surface area contributed by atoms with Crippen molar-refractivity contribution in [3.63, 3.8) is 0 Å². The average Bonchev–Trinajstić information content (AvgIpc) is 2.46. The molecule has 0 saturated carbocycles. The van der Waals surface area contributed by atoms with Gasteiger partial charge in [0.15, 0.2) is 0 Å². The maximum Gasteiger partial charge on any atom is 0.230 e. The van der Waals surface area contributed by atoms with E-state index in [4.69, 9.17) is 0 Å². The van der Waals surface area contributed by atoms with Gasteiger partial charge in [-0.1, -0.05) is 29.8 Å². The molecule has 0 spiro atoms. The molecule has 4 heteroatoms. The first-order valence-electron chi connectivity index (χ1n) is 6.76. The Balaban J connectivity index is 1.80. The normalized spacial score (nSPS) is 10.4. The summed E-state index contributed by atoms with van der Waals surface area (Å²) in [5, 5.41) is 2.80. The summed E-state index contributed by atoms with van der Waals surface area (Å²) in [6.45, 7) is 4.09. The van der Waals surface area contributed by atoms with Crippen LogP contribution in [0.15, 0.2) is 47.4 Å². The lowest BCUT2D eigenvalue weighted by Gasteiger charge is -2.07. The molecule has 0 aliphatic heterocycles. The van der Waals surface area contributed by atoms with Gasteiger partial charge in [0.1, 0.15) is 5.82 Å². The summed E-state index contributed by atoms with van der Waals surface area (Å²) in [6, 6.07) is 13.0. The van der Waals surface area contributed by atoms with Gasteiger partial charge in [-0.05, 0) is 43.2 Å². The number of nitrogens with one attached hydrogen (secondary N) is 1. The second-order valence-corrected chi connectivity index (χ2v) is 6.01. The van der Waals surface area contributed by atoms with E-state index in [1.807, 2.05) is 37.3 Å². The quantitative estimate of drug-likeness (QED) is 0.850. The first-order valence-corrected chi connectivity index (χ1v) is 7.74. The maximum absolute atomic E-state index is 13.4. The predicted molar refractivity (Wildman–Crippen MR) is 84.9 cm³/mol. The smallest absolute Gasteiger partial charge is 0.230 e. The van der Waals surface area contributed by atoms with Gasteiger partial charge in [-0.3, -0.25) is 4.79 Å². The third-order valence-corrected chi connectivity index (χ3v) is 4.08. The van der Waals surface area contributed by atoms with E-state index in [1.54, 1.807) is 13.0 Å². The number of carbonyl (C=O) groups excluding carboxylic acids is 1. The monoisotopic (exact) mass is 303 g/mol. The van der Waals surface area contributed by atoms with Crippen LogP contribution in [0.3, 0.4) is 0 Å². The van der Waals surface area contributed by atoms with Crippen LogP contribution in [-0.4, -0.2) is 11.7 Å². The largest absolute Gasteiger partial charge is 0.351 e. The topological polar surface area (TPSA) is 29.1 Å². The highest BCUT2D eigenvalue weighted by Gasteiger charge is 2.04. The zero-order valence-electron chi connectivity index (χ0n) is 12.2. The molecule has 0 unspecified atom stereocenters. The Hall–Kier alpha value is -1.81. The average molecular weight is 303 g/mol. The van der Waals surface area contributed by atoms with Gasteiger partial charge in [-0.25, -0.2) is 4.39 Å². The molecular formula is C17H18FNOS. The molecule has 2 aromatic carbocycles. The van der Waals surface area contributed by atoms with E-state index in [-0.39, 0.29) is 11.7 Å². The van der Waals surface area contributed by atoms with E-state index in [0.29, 0.717) is 17.9 Å². The van der Waals surface area contributed by atoms with Crippen LogP contribution in [0.2, 0.25) is 0 Å². The van der Waals surface area contributed by atoms with Gasteiger partial charge in [0.2, 0.25) is 5.91 Å². The summed E-state index contributed by atoms with van der Waals surface area (Å²) in [5.41, 5.74) is 2.56. The standard InChI is InChI=1S/C17H18FNOS/c1-12-4-3-5-15(8-12)21-11-17(20)19-10-14-7-6-13(2)16(18)9-14/h3-9H,10-11H2,1-2H3,(H,19,20). The molecule has 110 valence electrons. The summed E-state index contributed by atoms with van der Waals surface area (Å²) in [6.07, 6.45) is 0. The molecule has 0 saturated heterocycles. The van der Waals surface area contributed by atoms with E-state index in [9.17, 15) is 9.18 Å². The number of thioether (sulfide) groups is 1. The van der Waals surface area contributed by atoms with E-state index in [0.717, 1.165) is 10.5 Å². The summed E-state index contributed by atoms with van der Waals surface area (Å²) < 4.78 is 13.4. The van der Waals surface area contributed by atoms with Crippen molar-refractivity contribution in [3.8, 4) is 0 Å². The lowest BCUT2D eigenvalue weighted by molar-refractivity contribution is -0.118. The summed E-state index contributed by atoms with van der Waals surface area (Å²) in [5.74, 6) is 0.0658. The Morgan fingerprint density at radius 2 is 2.00 bits per heavy atom. The van der Waals surface area contributed by atoms with E-state index in [1.165, 1.54) is 23.4 Å². The number of halogens is 1. The lowest BCUT2D eigenvalue weighted by Crippen LogP contribution is -2.24. The molecule has 1 N–H and O–H groups in total. The van der Waals surface area contributed by atoms with Gasteiger partial charge in [-0.15, -0.1) is 11.8 Å². The molecule has 21 heavy (non-hydrogen) atoms. The third-order valence-electron chi connectivity index (χ3n) is 3.09. The Bertz CT molecular complexity index is 642. The van der Waals surface area contributed by atoms with Crippen molar-refractivity contribution in [2.45, 2.75) is 25.3 Å². The number of rotatable bonds is 5. The summed E-state index contributed by atoms with van der Waals surface area (Å²) in [4.78, 5) is 12.9. The highest BCUT2D eigenvalue weighted by Crippen LogP contribution is 2.18. The van der Waals surface area contributed by atoms with Crippen LogP contribution in [-0.2, 0) is 11.3 Å². The number of hydrogen-bond donors (Lipinski definition) is 1. The Kier molecular flexibility index (Phi) is 5.39. The fourth-order valence-electron chi connectivity index (χ4n) is 1.85. The van der Waals surface area contributed by atoms with Gasteiger partial charge < -0.3 is 5.32 Å². The van der Waals surface area contributed by atoms with Gasteiger partial charge in [0, 0.05) is 11.4 Å². The molecule has 0 radical (unpaired) electrons. The van der Waals surface area contributed by atoms with Gasteiger partial charge in [0.05, 0.1) is 5.75 Å². The van der Waals surface area contributed by atoms with E-state index >= 15 is 0 Å². The SMILES string of the molecule is Cc1cccc(SCC(=O)NCc2ccc(C)c(F)c2)c1. The Morgan fingerprint density at radius 1 is 1.19 bits per heavy atom. The molecule has 0 fully saturated rings. The molecular weight excluding hydrogens is 285 g/mol. The summed E-state index contributed by atoms with van der Waals surface area (Å²) in [7, 11) is 0. The number of benzene rings is 2. The molecule has 2 nitrogen and oxygen atoms in total. The number of carbonyl (C=O) groups is 1. The first kappa shape index (κ1) is 15.6. The molecule has 2 rings (SSSR count). The molecule has 2 aromatic rings. The zero-order chi connectivity index (χ0) is 15.2. The molecule has 0 aromatic heterocycles. The fourth-order valence-corrected chi connectivity index (χ4v) is 2.70. The van der Waals surface area contributed by atoms with Crippen LogP contribution >= 0.6 is 11.8 Å².